The molecular weight excluding hydrogens is 657 g/mol. The summed E-state index contributed by atoms with van der Waals surface area (Å²) in [4.78, 5) is 39.3. The van der Waals surface area contributed by atoms with E-state index in [1.54, 1.807) is 0 Å². The topological polar surface area (TPSA) is 113 Å². The van der Waals surface area contributed by atoms with Gasteiger partial charge in [0.15, 0.2) is 5.78 Å². The molecule has 0 aromatic heterocycles. The normalized spacial score (nSPS) is 28.7. The fourth-order valence-corrected chi connectivity index (χ4v) is 10.4. The Labute approximate surface area is 324 Å². The molecule has 4 rings (SSSR count). The van der Waals surface area contributed by atoms with Crippen molar-refractivity contribution in [2.75, 3.05) is 6.54 Å². The Bertz CT molecular complexity index is 1080. The van der Waals surface area contributed by atoms with Crippen molar-refractivity contribution in [2.24, 2.45) is 41.2 Å². The molecule has 3 fully saturated rings. The van der Waals surface area contributed by atoms with E-state index in [2.05, 4.69) is 54.1 Å². The first-order chi connectivity index (χ1) is 25.8. The van der Waals surface area contributed by atoms with Crippen LogP contribution in [0.4, 0.5) is 4.79 Å². The molecule has 7 nitrogen and oxygen atoms in total. The average molecular weight is 737 g/mol. The summed E-state index contributed by atoms with van der Waals surface area (Å²) in [5, 5.41) is 9.70. The van der Waals surface area contributed by atoms with E-state index in [1.165, 1.54) is 109 Å². The van der Waals surface area contributed by atoms with Crippen molar-refractivity contribution in [3.63, 3.8) is 0 Å². The van der Waals surface area contributed by atoms with Crippen LogP contribution in [-0.2, 0) is 9.59 Å². The largest absolute Gasteiger partial charge is 0.352 e. The van der Waals surface area contributed by atoms with Gasteiger partial charge in [-0.2, -0.15) is 0 Å². The maximum absolute atomic E-state index is 14.0. The minimum absolute atomic E-state index is 0.0505. The summed E-state index contributed by atoms with van der Waals surface area (Å²) in [7, 11) is 0. The molecule has 4 aliphatic rings. The maximum Gasteiger partial charge on any atom is 0.312 e. The second-order valence-corrected chi connectivity index (χ2v) is 18.1. The van der Waals surface area contributed by atoms with Gasteiger partial charge < -0.3 is 21.7 Å². The van der Waals surface area contributed by atoms with Gasteiger partial charge in [-0.3, -0.25) is 9.59 Å². The lowest BCUT2D eigenvalue weighted by atomic mass is 9.74. The number of urea groups is 1. The summed E-state index contributed by atoms with van der Waals surface area (Å²) in [6.07, 6.45) is 41.9. The second kappa shape index (κ2) is 25.1. The van der Waals surface area contributed by atoms with Gasteiger partial charge in [-0.15, -0.1) is 0 Å². The molecule has 302 valence electrons. The highest BCUT2D eigenvalue weighted by Gasteiger charge is 2.35. The fourth-order valence-electron chi connectivity index (χ4n) is 10.4. The number of ketones is 1. The summed E-state index contributed by atoms with van der Waals surface area (Å²) < 4.78 is 0. The van der Waals surface area contributed by atoms with E-state index in [-0.39, 0.29) is 23.7 Å². The first kappa shape index (κ1) is 43.6. The van der Waals surface area contributed by atoms with Crippen LogP contribution in [0.3, 0.4) is 0 Å². The van der Waals surface area contributed by atoms with Gasteiger partial charge in [-0.1, -0.05) is 115 Å². The number of rotatable bonds is 14. The van der Waals surface area contributed by atoms with Gasteiger partial charge in [0.1, 0.15) is 0 Å². The number of nitrogens with one attached hydrogen (secondary N) is 3. The lowest BCUT2D eigenvalue weighted by molar-refractivity contribution is -0.130. The number of nitrogens with two attached hydrogens (primary N) is 1. The number of primary amides is 1. The van der Waals surface area contributed by atoms with Crippen LogP contribution in [0.2, 0.25) is 0 Å². The number of carbonyl (C=O) groups is 3. The van der Waals surface area contributed by atoms with Crippen molar-refractivity contribution in [1.82, 2.24) is 16.0 Å². The van der Waals surface area contributed by atoms with Gasteiger partial charge in [0.05, 0.1) is 12.1 Å². The fraction of sp³-hybridized carbons (Fsp3) is 0.848. The van der Waals surface area contributed by atoms with E-state index in [0.29, 0.717) is 43.7 Å². The quantitative estimate of drug-likeness (QED) is 0.105. The molecule has 0 heterocycles. The zero-order valence-corrected chi connectivity index (χ0v) is 34.1. The SMILES string of the molecule is CC(C)[C@@H](NC1CCC(C2CCCCCCCCCCCC2)CC1)C(=O)N[C@@H](CCCNC(N)=O)C(=O)CC1CCC(C2CC/C=C\C/C=C\CC2)C1. The third-order valence-corrected chi connectivity index (χ3v) is 13.6. The first-order valence-corrected chi connectivity index (χ1v) is 22.7. The van der Waals surface area contributed by atoms with Crippen LogP contribution in [0.5, 0.6) is 0 Å². The number of hydrogen-bond donors (Lipinski definition) is 4. The molecule has 4 atom stereocenters. The Morgan fingerprint density at radius 2 is 1.21 bits per heavy atom. The zero-order chi connectivity index (χ0) is 37.7. The molecule has 0 aliphatic heterocycles. The molecule has 0 radical (unpaired) electrons. The molecular formula is C46H80N4O3. The molecule has 5 N–H and O–H groups in total. The lowest BCUT2D eigenvalue weighted by Gasteiger charge is -2.37. The first-order valence-electron chi connectivity index (χ1n) is 22.7. The molecule has 7 heteroatoms. The highest BCUT2D eigenvalue weighted by Crippen LogP contribution is 2.42. The molecule has 4 aliphatic carbocycles. The summed E-state index contributed by atoms with van der Waals surface area (Å²) in [6, 6.07) is -1.07. The van der Waals surface area contributed by atoms with E-state index in [9.17, 15) is 14.4 Å². The highest BCUT2D eigenvalue weighted by molar-refractivity contribution is 5.91. The summed E-state index contributed by atoms with van der Waals surface area (Å²) in [5.41, 5.74) is 5.32. The monoisotopic (exact) mass is 737 g/mol. The number of amides is 3. The van der Waals surface area contributed by atoms with Crippen LogP contribution in [0.1, 0.15) is 187 Å². The van der Waals surface area contributed by atoms with E-state index in [1.807, 2.05) is 0 Å². The molecule has 0 bridgehead atoms. The van der Waals surface area contributed by atoms with Crippen molar-refractivity contribution in [3.05, 3.63) is 24.3 Å². The minimum Gasteiger partial charge on any atom is -0.352 e. The van der Waals surface area contributed by atoms with Crippen LogP contribution in [0.25, 0.3) is 0 Å². The molecule has 3 amide bonds. The van der Waals surface area contributed by atoms with Gasteiger partial charge >= 0.3 is 6.03 Å². The Morgan fingerprint density at radius 3 is 1.79 bits per heavy atom. The van der Waals surface area contributed by atoms with Crippen molar-refractivity contribution in [3.8, 4) is 0 Å². The van der Waals surface area contributed by atoms with Crippen LogP contribution in [0.15, 0.2) is 24.3 Å². The summed E-state index contributed by atoms with van der Waals surface area (Å²) >= 11 is 0. The molecule has 0 aromatic carbocycles. The molecule has 3 saturated carbocycles. The third kappa shape index (κ3) is 16.6. The standard InChI is InChI=1S/C46H80N4O3/c1-35(2)44(49-41-30-28-39(29-31-41)37-21-16-12-8-5-3-4-6-9-13-17-22-37)45(52)50-42(25-20-32-48-46(47)53)43(51)34-36-26-27-40(33-36)38-23-18-14-10-7-11-15-19-24-38/h10-11,14-15,35-42,44,49H,3-9,12-13,16-34H2,1-2H3,(H,50,52)(H3,47,48,53)/b14-10-,15-11-/t36?,39?,40?,41?,42-,44+/m0/s1. The third-order valence-electron chi connectivity index (χ3n) is 13.6. The van der Waals surface area contributed by atoms with Gasteiger partial charge in [0.2, 0.25) is 5.91 Å². The second-order valence-electron chi connectivity index (χ2n) is 18.1. The highest BCUT2D eigenvalue weighted by atomic mass is 16.2. The molecule has 53 heavy (non-hydrogen) atoms. The predicted octanol–water partition coefficient (Wildman–Crippen LogP) is 10.5. The van der Waals surface area contributed by atoms with E-state index >= 15 is 0 Å². The van der Waals surface area contributed by atoms with Crippen molar-refractivity contribution < 1.29 is 14.4 Å². The predicted molar refractivity (Wildman–Crippen MR) is 220 cm³/mol. The van der Waals surface area contributed by atoms with Crippen LogP contribution in [0, 0.1) is 35.5 Å². The Hall–Kier alpha value is -2.15. The van der Waals surface area contributed by atoms with Crippen molar-refractivity contribution >= 4 is 17.7 Å². The van der Waals surface area contributed by atoms with Gasteiger partial charge in [0.25, 0.3) is 0 Å². The zero-order valence-electron chi connectivity index (χ0n) is 34.1. The summed E-state index contributed by atoms with van der Waals surface area (Å²) in [5.74, 6) is 3.70. The number of carbonyl (C=O) groups excluding carboxylic acids is 3. The van der Waals surface area contributed by atoms with Crippen molar-refractivity contribution in [2.45, 2.75) is 205 Å². The molecule has 0 aromatic rings. The number of Topliss-reactive ketones (excluding diaryl/α,β-unsaturated/α-hetero) is 1. The van der Waals surface area contributed by atoms with Crippen LogP contribution < -0.4 is 21.7 Å². The maximum atomic E-state index is 14.0. The molecule has 0 saturated heterocycles. The van der Waals surface area contributed by atoms with Crippen LogP contribution >= 0.6 is 0 Å². The minimum atomic E-state index is -0.555. The lowest BCUT2D eigenvalue weighted by Crippen LogP contribution is -2.55. The van der Waals surface area contributed by atoms with Crippen molar-refractivity contribution in [1.29, 1.82) is 0 Å². The van der Waals surface area contributed by atoms with E-state index in [0.717, 1.165) is 62.7 Å². The molecule has 2 unspecified atom stereocenters. The number of allylic oxidation sites excluding steroid dienone is 4. The van der Waals surface area contributed by atoms with Gasteiger partial charge in [-0.25, -0.2) is 4.79 Å². The van der Waals surface area contributed by atoms with E-state index in [4.69, 9.17) is 5.73 Å². The van der Waals surface area contributed by atoms with Crippen LogP contribution in [-0.4, -0.2) is 42.4 Å². The summed E-state index contributed by atoms with van der Waals surface area (Å²) in [6.45, 7) is 4.64. The Morgan fingerprint density at radius 1 is 0.660 bits per heavy atom. The Kier molecular flexibility index (Phi) is 20.6. The van der Waals surface area contributed by atoms with Gasteiger partial charge in [0, 0.05) is 19.0 Å². The van der Waals surface area contributed by atoms with E-state index < -0.39 is 12.1 Å². The number of hydrogen-bond acceptors (Lipinski definition) is 4. The average Bonchev–Trinajstić information content (AvgIpc) is 3.62. The smallest absolute Gasteiger partial charge is 0.312 e. The Balaban J connectivity index is 1.29. The van der Waals surface area contributed by atoms with Gasteiger partial charge in [-0.05, 0) is 125 Å². The molecule has 0 spiro atoms.